The minimum Gasteiger partial charge on any atom is -0.338 e. The van der Waals surface area contributed by atoms with Crippen LogP contribution in [-0.4, -0.2) is 48.9 Å². The first-order chi connectivity index (χ1) is 12.6. The van der Waals surface area contributed by atoms with Gasteiger partial charge in [-0.25, -0.2) is 4.39 Å². The van der Waals surface area contributed by atoms with E-state index in [1.165, 1.54) is 18.3 Å². The summed E-state index contributed by atoms with van der Waals surface area (Å²) in [4.78, 5) is 14.8. The molecule has 1 fully saturated rings. The van der Waals surface area contributed by atoms with Crippen molar-refractivity contribution in [3.05, 3.63) is 54.0 Å². The van der Waals surface area contributed by atoms with E-state index in [0.29, 0.717) is 35.8 Å². The summed E-state index contributed by atoms with van der Waals surface area (Å²) in [5, 5.41) is 14.9. The van der Waals surface area contributed by atoms with Crippen LogP contribution in [-0.2, 0) is 7.05 Å². The van der Waals surface area contributed by atoms with E-state index >= 15 is 0 Å². The molecule has 0 aliphatic carbocycles. The van der Waals surface area contributed by atoms with E-state index in [4.69, 9.17) is 0 Å². The minimum atomic E-state index is -0.347. The zero-order valence-corrected chi connectivity index (χ0v) is 14.4. The van der Waals surface area contributed by atoms with Gasteiger partial charge in [0.1, 0.15) is 18.0 Å². The lowest BCUT2D eigenvalue weighted by atomic mass is 9.95. The summed E-state index contributed by atoms with van der Waals surface area (Å²) in [5.74, 6) is 0.828. The molecule has 1 aromatic carbocycles. The highest BCUT2D eigenvalue weighted by atomic mass is 19.1. The molecule has 3 heterocycles. The number of nitrogens with zero attached hydrogens (tertiary/aromatic N) is 5. The molecule has 0 bridgehead atoms. The molecule has 0 atom stereocenters. The van der Waals surface area contributed by atoms with Gasteiger partial charge in [0.15, 0.2) is 0 Å². The second-order valence-electron chi connectivity index (χ2n) is 6.54. The second kappa shape index (κ2) is 6.70. The van der Waals surface area contributed by atoms with Crippen LogP contribution in [0.3, 0.4) is 0 Å². The average Bonchev–Trinajstić information content (AvgIpc) is 3.30. The Balaban J connectivity index is 1.50. The Kier molecular flexibility index (Phi) is 4.24. The molecule has 1 aliphatic heterocycles. The van der Waals surface area contributed by atoms with E-state index in [2.05, 4.69) is 20.4 Å². The van der Waals surface area contributed by atoms with Crippen molar-refractivity contribution in [1.29, 1.82) is 0 Å². The second-order valence-corrected chi connectivity index (χ2v) is 6.54. The number of aryl methyl sites for hydroxylation is 1. The van der Waals surface area contributed by atoms with Gasteiger partial charge in [0.25, 0.3) is 5.91 Å². The van der Waals surface area contributed by atoms with Crippen LogP contribution in [0.15, 0.2) is 36.8 Å². The van der Waals surface area contributed by atoms with Crippen LogP contribution >= 0.6 is 0 Å². The molecule has 0 unspecified atom stereocenters. The van der Waals surface area contributed by atoms with Crippen LogP contribution in [0, 0.1) is 5.82 Å². The molecule has 1 aliphatic rings. The van der Waals surface area contributed by atoms with E-state index in [0.717, 1.165) is 18.7 Å². The van der Waals surface area contributed by atoms with Gasteiger partial charge in [-0.05, 0) is 25.0 Å². The number of benzene rings is 1. The largest absolute Gasteiger partial charge is 0.338 e. The van der Waals surface area contributed by atoms with Crippen molar-refractivity contribution in [2.24, 2.45) is 7.05 Å². The van der Waals surface area contributed by atoms with Crippen molar-refractivity contribution >= 4 is 5.91 Å². The number of amides is 1. The number of hydrogen-bond acceptors (Lipinski definition) is 4. The third kappa shape index (κ3) is 2.98. The van der Waals surface area contributed by atoms with Gasteiger partial charge in [0.2, 0.25) is 0 Å². The van der Waals surface area contributed by atoms with Gasteiger partial charge in [0.05, 0.1) is 17.5 Å². The molecular weight excluding hydrogens is 335 g/mol. The van der Waals surface area contributed by atoms with Gasteiger partial charge in [-0.15, -0.1) is 10.2 Å². The maximum absolute atomic E-state index is 13.5. The molecule has 7 nitrogen and oxygen atoms in total. The van der Waals surface area contributed by atoms with Crippen molar-refractivity contribution in [1.82, 2.24) is 29.9 Å². The van der Waals surface area contributed by atoms with Crippen molar-refractivity contribution in [2.45, 2.75) is 18.8 Å². The van der Waals surface area contributed by atoms with Gasteiger partial charge >= 0.3 is 0 Å². The molecule has 0 saturated carbocycles. The number of carbonyl (C=O) groups is 1. The molecule has 2 aromatic heterocycles. The van der Waals surface area contributed by atoms with Crippen LogP contribution in [0.1, 0.15) is 34.9 Å². The van der Waals surface area contributed by atoms with Gasteiger partial charge in [0, 0.05) is 31.6 Å². The molecule has 0 spiro atoms. The molecule has 0 radical (unpaired) electrons. The Morgan fingerprint density at radius 3 is 2.81 bits per heavy atom. The minimum absolute atomic E-state index is 0.0885. The third-order valence-corrected chi connectivity index (χ3v) is 4.88. The highest BCUT2D eigenvalue weighted by Gasteiger charge is 2.28. The summed E-state index contributed by atoms with van der Waals surface area (Å²) >= 11 is 0. The maximum Gasteiger partial charge on any atom is 0.257 e. The number of rotatable bonds is 3. The summed E-state index contributed by atoms with van der Waals surface area (Å²) < 4.78 is 15.4. The SMILES string of the molecule is Cn1cnnc1C1CCN(C(=O)c2cn[nH]c2-c2cccc(F)c2)CC1. The van der Waals surface area contributed by atoms with Crippen molar-refractivity contribution in [2.75, 3.05) is 13.1 Å². The Bertz CT molecular complexity index is 925. The number of hydrogen-bond donors (Lipinski definition) is 1. The smallest absolute Gasteiger partial charge is 0.257 e. The Morgan fingerprint density at radius 2 is 2.12 bits per heavy atom. The Labute approximate surface area is 149 Å². The van der Waals surface area contributed by atoms with Gasteiger partial charge < -0.3 is 9.47 Å². The summed E-state index contributed by atoms with van der Waals surface area (Å²) in [6, 6.07) is 6.14. The van der Waals surface area contributed by atoms with E-state index < -0.39 is 0 Å². The molecule has 134 valence electrons. The molecule has 8 heteroatoms. The van der Waals surface area contributed by atoms with E-state index in [1.54, 1.807) is 18.5 Å². The fourth-order valence-electron chi connectivity index (χ4n) is 3.49. The fourth-order valence-corrected chi connectivity index (χ4v) is 3.49. The molecular formula is C18H19FN6O. The van der Waals surface area contributed by atoms with E-state index in [9.17, 15) is 9.18 Å². The fraction of sp³-hybridized carbons (Fsp3) is 0.333. The number of aromatic amines is 1. The number of H-pyrrole nitrogens is 1. The summed E-state index contributed by atoms with van der Waals surface area (Å²) in [5.41, 5.74) is 1.62. The van der Waals surface area contributed by atoms with Gasteiger partial charge in [-0.2, -0.15) is 5.10 Å². The molecule has 4 rings (SSSR count). The van der Waals surface area contributed by atoms with E-state index in [1.807, 2.05) is 16.5 Å². The van der Waals surface area contributed by atoms with Gasteiger partial charge in [-0.3, -0.25) is 9.89 Å². The maximum atomic E-state index is 13.5. The molecule has 26 heavy (non-hydrogen) atoms. The van der Waals surface area contributed by atoms with Crippen molar-refractivity contribution in [3.8, 4) is 11.3 Å². The molecule has 3 aromatic rings. The molecule has 1 amide bonds. The standard InChI is InChI=1S/C18H19FN6O/c1-24-11-21-23-17(24)12-5-7-25(8-6-12)18(26)15-10-20-22-16(15)13-3-2-4-14(19)9-13/h2-4,9-12H,5-8H2,1H3,(H,20,22). The summed E-state index contributed by atoms with van der Waals surface area (Å²) in [6.07, 6.45) is 4.89. The predicted molar refractivity (Wildman–Crippen MR) is 92.9 cm³/mol. The zero-order chi connectivity index (χ0) is 18.1. The number of aromatic nitrogens is 5. The number of nitrogens with one attached hydrogen (secondary N) is 1. The Morgan fingerprint density at radius 1 is 1.31 bits per heavy atom. The first kappa shape index (κ1) is 16.4. The normalized spacial score (nSPS) is 15.4. The number of carbonyl (C=O) groups excluding carboxylic acids is 1. The van der Waals surface area contributed by atoms with Crippen molar-refractivity contribution < 1.29 is 9.18 Å². The number of halogens is 1. The molecule has 1 saturated heterocycles. The topological polar surface area (TPSA) is 79.7 Å². The number of likely N-dealkylation sites (tertiary alicyclic amines) is 1. The predicted octanol–water partition coefficient (Wildman–Crippen LogP) is 2.36. The first-order valence-electron chi connectivity index (χ1n) is 8.56. The van der Waals surface area contributed by atoms with Crippen LogP contribution in [0.5, 0.6) is 0 Å². The van der Waals surface area contributed by atoms with Crippen LogP contribution in [0.4, 0.5) is 4.39 Å². The lowest BCUT2D eigenvalue weighted by molar-refractivity contribution is 0.0711. The third-order valence-electron chi connectivity index (χ3n) is 4.88. The number of piperidine rings is 1. The first-order valence-corrected chi connectivity index (χ1v) is 8.56. The van der Waals surface area contributed by atoms with Crippen LogP contribution in [0.2, 0.25) is 0 Å². The highest BCUT2D eigenvalue weighted by molar-refractivity contribution is 5.99. The van der Waals surface area contributed by atoms with E-state index in [-0.39, 0.29) is 11.7 Å². The zero-order valence-electron chi connectivity index (χ0n) is 14.4. The quantitative estimate of drug-likeness (QED) is 0.783. The monoisotopic (exact) mass is 354 g/mol. The van der Waals surface area contributed by atoms with Crippen molar-refractivity contribution in [3.63, 3.8) is 0 Å². The highest BCUT2D eigenvalue weighted by Crippen LogP contribution is 2.28. The summed E-state index contributed by atoms with van der Waals surface area (Å²) in [7, 11) is 1.93. The summed E-state index contributed by atoms with van der Waals surface area (Å²) in [6.45, 7) is 1.29. The molecule has 1 N–H and O–H groups in total. The van der Waals surface area contributed by atoms with Crippen LogP contribution < -0.4 is 0 Å². The average molecular weight is 354 g/mol. The lowest BCUT2D eigenvalue weighted by Crippen LogP contribution is -2.38. The lowest BCUT2D eigenvalue weighted by Gasteiger charge is -2.31. The van der Waals surface area contributed by atoms with Gasteiger partial charge in [-0.1, -0.05) is 12.1 Å². The van der Waals surface area contributed by atoms with Crippen LogP contribution in [0.25, 0.3) is 11.3 Å². The Hall–Kier alpha value is -3.03.